The summed E-state index contributed by atoms with van der Waals surface area (Å²) in [5, 5.41) is 2.69. The summed E-state index contributed by atoms with van der Waals surface area (Å²) in [4.78, 5) is 23.6. The molecule has 5 nitrogen and oxygen atoms in total. The first-order chi connectivity index (χ1) is 10.5. The van der Waals surface area contributed by atoms with Gasteiger partial charge >= 0.3 is 5.97 Å². The van der Waals surface area contributed by atoms with Gasteiger partial charge in [0.1, 0.15) is 5.76 Å². The van der Waals surface area contributed by atoms with Crippen molar-refractivity contribution in [3.63, 3.8) is 0 Å². The van der Waals surface area contributed by atoms with Gasteiger partial charge in [-0.3, -0.25) is 4.79 Å². The van der Waals surface area contributed by atoms with Gasteiger partial charge in [0.25, 0.3) is 5.91 Å². The van der Waals surface area contributed by atoms with Crippen LogP contribution in [0.4, 0.5) is 5.69 Å². The van der Waals surface area contributed by atoms with E-state index in [1.807, 2.05) is 19.1 Å². The molecular weight excluding hydrogens is 282 g/mol. The van der Waals surface area contributed by atoms with Gasteiger partial charge in [0.05, 0.1) is 6.26 Å². The van der Waals surface area contributed by atoms with Crippen molar-refractivity contribution in [2.24, 2.45) is 0 Å². The van der Waals surface area contributed by atoms with Gasteiger partial charge in [0.15, 0.2) is 6.10 Å². The maximum absolute atomic E-state index is 11.9. The third kappa shape index (κ3) is 4.63. The molecular formula is C17H17NO4. The van der Waals surface area contributed by atoms with Crippen molar-refractivity contribution in [1.29, 1.82) is 0 Å². The molecule has 1 aromatic heterocycles. The van der Waals surface area contributed by atoms with Crippen LogP contribution < -0.4 is 5.32 Å². The van der Waals surface area contributed by atoms with Crippen LogP contribution in [0.2, 0.25) is 0 Å². The molecule has 0 aliphatic rings. The lowest BCUT2D eigenvalue weighted by molar-refractivity contribution is -0.148. The monoisotopic (exact) mass is 299 g/mol. The van der Waals surface area contributed by atoms with Crippen molar-refractivity contribution in [3.8, 4) is 0 Å². The second kappa shape index (κ2) is 7.26. The van der Waals surface area contributed by atoms with Crippen molar-refractivity contribution in [2.45, 2.75) is 20.0 Å². The molecule has 2 rings (SSSR count). The molecule has 1 amide bonds. The Bertz CT molecular complexity index is 656. The molecule has 0 aliphatic carbocycles. The molecule has 0 saturated heterocycles. The maximum Gasteiger partial charge on any atom is 0.331 e. The predicted molar refractivity (Wildman–Crippen MR) is 83.1 cm³/mol. The van der Waals surface area contributed by atoms with Crippen LogP contribution in [0.5, 0.6) is 0 Å². The zero-order valence-electron chi connectivity index (χ0n) is 12.4. The van der Waals surface area contributed by atoms with Crippen LogP contribution in [0, 0.1) is 6.92 Å². The van der Waals surface area contributed by atoms with Gasteiger partial charge in [0, 0.05) is 11.8 Å². The number of ether oxygens (including phenoxy) is 1. The average molecular weight is 299 g/mol. The van der Waals surface area contributed by atoms with Gasteiger partial charge in [-0.2, -0.15) is 0 Å². The minimum absolute atomic E-state index is 0.386. The third-order valence-corrected chi connectivity index (χ3v) is 2.91. The molecule has 0 bridgehead atoms. The number of nitrogens with one attached hydrogen (secondary N) is 1. The van der Waals surface area contributed by atoms with Crippen LogP contribution in [-0.4, -0.2) is 18.0 Å². The van der Waals surface area contributed by atoms with Crippen LogP contribution in [-0.2, 0) is 14.3 Å². The smallest absolute Gasteiger partial charge is 0.331 e. The number of carbonyl (C=O) groups is 2. The highest BCUT2D eigenvalue weighted by Gasteiger charge is 2.16. The number of rotatable bonds is 5. The van der Waals surface area contributed by atoms with E-state index < -0.39 is 12.1 Å². The van der Waals surface area contributed by atoms with E-state index in [-0.39, 0.29) is 5.91 Å². The Hall–Kier alpha value is -2.82. The Morgan fingerprint density at radius 2 is 1.95 bits per heavy atom. The van der Waals surface area contributed by atoms with Crippen molar-refractivity contribution >= 4 is 23.6 Å². The van der Waals surface area contributed by atoms with Gasteiger partial charge in [-0.25, -0.2) is 4.79 Å². The zero-order valence-corrected chi connectivity index (χ0v) is 12.4. The van der Waals surface area contributed by atoms with Crippen LogP contribution in [0.3, 0.4) is 0 Å². The summed E-state index contributed by atoms with van der Waals surface area (Å²) in [7, 11) is 0. The molecule has 1 N–H and O–H groups in total. The first-order valence-corrected chi connectivity index (χ1v) is 6.84. The topological polar surface area (TPSA) is 68.5 Å². The molecule has 2 aromatic rings. The fourth-order valence-electron chi connectivity index (χ4n) is 1.68. The molecule has 0 spiro atoms. The van der Waals surface area contributed by atoms with E-state index in [1.165, 1.54) is 25.3 Å². The summed E-state index contributed by atoms with van der Waals surface area (Å²) in [6, 6.07) is 10.8. The molecule has 0 radical (unpaired) electrons. The van der Waals surface area contributed by atoms with Crippen molar-refractivity contribution in [3.05, 3.63) is 60.1 Å². The average Bonchev–Trinajstić information content (AvgIpc) is 3.01. The summed E-state index contributed by atoms with van der Waals surface area (Å²) >= 11 is 0. The van der Waals surface area contributed by atoms with Crippen molar-refractivity contribution < 1.29 is 18.7 Å². The Kier molecular flexibility index (Phi) is 5.14. The fourth-order valence-corrected chi connectivity index (χ4v) is 1.68. The molecule has 22 heavy (non-hydrogen) atoms. The molecule has 0 unspecified atom stereocenters. The Morgan fingerprint density at radius 3 is 2.59 bits per heavy atom. The maximum atomic E-state index is 11.9. The number of anilines is 1. The number of aryl methyl sites for hydroxylation is 1. The van der Waals surface area contributed by atoms with Gasteiger partial charge < -0.3 is 14.5 Å². The number of benzene rings is 1. The predicted octanol–water partition coefficient (Wildman–Crippen LogP) is 3.17. The first-order valence-electron chi connectivity index (χ1n) is 6.84. The normalized spacial score (nSPS) is 12.1. The molecule has 1 aromatic carbocycles. The van der Waals surface area contributed by atoms with Gasteiger partial charge in [-0.15, -0.1) is 0 Å². The summed E-state index contributed by atoms with van der Waals surface area (Å²) in [5.41, 5.74) is 1.75. The SMILES string of the molecule is Cc1ccc(NC(=O)[C@H](C)OC(=O)/C=C/c2ccco2)cc1. The Labute approximate surface area is 128 Å². The number of esters is 1. The number of furan rings is 1. The second-order valence-electron chi connectivity index (χ2n) is 4.78. The zero-order chi connectivity index (χ0) is 15.9. The number of hydrogen-bond donors (Lipinski definition) is 1. The molecule has 5 heteroatoms. The highest BCUT2D eigenvalue weighted by molar-refractivity contribution is 5.96. The molecule has 0 fully saturated rings. The third-order valence-electron chi connectivity index (χ3n) is 2.91. The quantitative estimate of drug-likeness (QED) is 0.680. The highest BCUT2D eigenvalue weighted by Crippen LogP contribution is 2.10. The first kappa shape index (κ1) is 15.6. The lowest BCUT2D eigenvalue weighted by Crippen LogP contribution is -2.29. The summed E-state index contributed by atoms with van der Waals surface area (Å²) in [6.07, 6.45) is 3.31. The summed E-state index contributed by atoms with van der Waals surface area (Å²) < 4.78 is 10.1. The summed E-state index contributed by atoms with van der Waals surface area (Å²) in [6.45, 7) is 3.48. The number of amides is 1. The van der Waals surface area contributed by atoms with Crippen LogP contribution in [0.1, 0.15) is 18.2 Å². The van der Waals surface area contributed by atoms with E-state index in [1.54, 1.807) is 24.3 Å². The van der Waals surface area contributed by atoms with Gasteiger partial charge in [-0.1, -0.05) is 17.7 Å². The summed E-state index contributed by atoms with van der Waals surface area (Å²) in [5.74, 6) is -0.458. The Morgan fingerprint density at radius 1 is 1.23 bits per heavy atom. The van der Waals surface area contributed by atoms with Crippen LogP contribution in [0.15, 0.2) is 53.2 Å². The van der Waals surface area contributed by atoms with Crippen LogP contribution in [0.25, 0.3) is 6.08 Å². The van der Waals surface area contributed by atoms with E-state index in [4.69, 9.17) is 9.15 Å². The molecule has 0 aliphatic heterocycles. The molecule has 1 atom stereocenters. The molecule has 0 saturated carbocycles. The molecule has 114 valence electrons. The lowest BCUT2D eigenvalue weighted by atomic mass is 10.2. The van der Waals surface area contributed by atoms with E-state index in [0.717, 1.165) is 5.56 Å². The van der Waals surface area contributed by atoms with E-state index in [0.29, 0.717) is 11.4 Å². The standard InChI is InChI=1S/C17H17NO4/c1-12-5-7-14(8-6-12)18-17(20)13(2)22-16(19)10-9-15-4-3-11-21-15/h3-11,13H,1-2H3,(H,18,20)/b10-9+/t13-/m0/s1. The van der Waals surface area contributed by atoms with Crippen molar-refractivity contribution in [2.75, 3.05) is 5.32 Å². The minimum Gasteiger partial charge on any atom is -0.465 e. The largest absolute Gasteiger partial charge is 0.465 e. The van der Waals surface area contributed by atoms with Gasteiger partial charge in [0.2, 0.25) is 0 Å². The minimum atomic E-state index is -0.893. The number of hydrogen-bond acceptors (Lipinski definition) is 4. The van der Waals surface area contributed by atoms with E-state index in [2.05, 4.69) is 5.32 Å². The number of carbonyl (C=O) groups excluding carboxylic acids is 2. The van der Waals surface area contributed by atoms with E-state index >= 15 is 0 Å². The van der Waals surface area contributed by atoms with Crippen LogP contribution >= 0.6 is 0 Å². The Balaban J connectivity index is 1.85. The van der Waals surface area contributed by atoms with Crippen molar-refractivity contribution in [1.82, 2.24) is 0 Å². The lowest BCUT2D eigenvalue weighted by Gasteiger charge is -2.12. The fraction of sp³-hybridized carbons (Fsp3) is 0.176. The van der Waals surface area contributed by atoms with Gasteiger partial charge in [-0.05, 0) is 44.2 Å². The molecule has 1 heterocycles. The highest BCUT2D eigenvalue weighted by atomic mass is 16.5. The van der Waals surface area contributed by atoms with E-state index in [9.17, 15) is 9.59 Å². The second-order valence-corrected chi connectivity index (χ2v) is 4.78.